The zero-order valence-corrected chi connectivity index (χ0v) is 16.0. The molecule has 6 nitrogen and oxygen atoms in total. The smallest absolute Gasteiger partial charge is 0.299 e. The monoisotopic (exact) mass is 382 g/mol. The molecule has 0 spiro atoms. The van der Waals surface area contributed by atoms with Gasteiger partial charge in [-0.2, -0.15) is 8.42 Å². The van der Waals surface area contributed by atoms with Crippen LogP contribution in [0.2, 0.25) is 0 Å². The lowest BCUT2D eigenvalue weighted by Gasteiger charge is -2.56. The van der Waals surface area contributed by atoms with Crippen molar-refractivity contribution < 1.29 is 26.7 Å². The van der Waals surface area contributed by atoms with Crippen LogP contribution >= 0.6 is 0 Å². The third-order valence-electron chi connectivity index (χ3n) is 7.80. The third-order valence-corrected chi connectivity index (χ3v) is 8.28. The highest BCUT2D eigenvalue weighted by Gasteiger charge is 2.63. The van der Waals surface area contributed by atoms with E-state index in [2.05, 4.69) is 6.92 Å². The van der Waals surface area contributed by atoms with Gasteiger partial charge in [-0.25, -0.2) is 4.18 Å². The highest BCUT2D eigenvalue weighted by atomic mass is 32.3. The molecule has 0 unspecified atom stereocenters. The van der Waals surface area contributed by atoms with Crippen molar-refractivity contribution in [2.45, 2.75) is 64.9 Å². The van der Waals surface area contributed by atoms with E-state index in [1.54, 1.807) is 6.08 Å². The summed E-state index contributed by atoms with van der Waals surface area (Å²) < 4.78 is 36.6. The van der Waals surface area contributed by atoms with Crippen LogP contribution in [0.15, 0.2) is 11.6 Å². The minimum Gasteiger partial charge on any atom is -0.299 e. The van der Waals surface area contributed by atoms with Gasteiger partial charge in [0.25, 0.3) is 0 Å². The first kappa shape index (κ1) is 18.3. The summed E-state index contributed by atoms with van der Waals surface area (Å²) in [6.07, 6.45) is 5.62. The lowest BCUT2D eigenvalue weighted by atomic mass is 9.47. The van der Waals surface area contributed by atoms with E-state index >= 15 is 0 Å². The van der Waals surface area contributed by atoms with Gasteiger partial charge in [0.05, 0.1) is 6.10 Å². The first-order valence-electron chi connectivity index (χ1n) is 9.47. The molecule has 0 amide bonds. The molecule has 0 aromatic heterocycles. The second-order valence-electron chi connectivity index (χ2n) is 9.08. The van der Waals surface area contributed by atoms with Gasteiger partial charge >= 0.3 is 10.4 Å². The van der Waals surface area contributed by atoms with Crippen LogP contribution in [0.25, 0.3) is 0 Å². The molecule has 4 rings (SSSR count). The van der Waals surface area contributed by atoms with Crippen LogP contribution < -0.4 is 0 Å². The lowest BCUT2D eigenvalue weighted by Crippen LogP contribution is -2.55. The van der Waals surface area contributed by atoms with Gasteiger partial charge in [0.15, 0.2) is 5.78 Å². The van der Waals surface area contributed by atoms with E-state index in [9.17, 15) is 18.0 Å². The number of rotatable bonds is 2. The fourth-order valence-electron chi connectivity index (χ4n) is 6.64. The summed E-state index contributed by atoms with van der Waals surface area (Å²) in [7, 11) is -4.54. The molecule has 0 aliphatic heterocycles. The minimum atomic E-state index is -4.54. The largest absolute Gasteiger partial charge is 0.397 e. The van der Waals surface area contributed by atoms with E-state index in [4.69, 9.17) is 8.74 Å². The molecule has 0 aromatic rings. The number of ketones is 2. The second-order valence-corrected chi connectivity index (χ2v) is 10.1. The zero-order chi connectivity index (χ0) is 18.9. The molecule has 7 heteroatoms. The predicted molar refractivity (Wildman–Crippen MR) is 93.5 cm³/mol. The highest BCUT2D eigenvalue weighted by molar-refractivity contribution is 7.80. The van der Waals surface area contributed by atoms with Gasteiger partial charge < -0.3 is 0 Å². The van der Waals surface area contributed by atoms with Crippen molar-refractivity contribution in [3.8, 4) is 0 Å². The van der Waals surface area contributed by atoms with Crippen LogP contribution in [0.4, 0.5) is 0 Å². The van der Waals surface area contributed by atoms with Crippen LogP contribution in [0.3, 0.4) is 0 Å². The van der Waals surface area contributed by atoms with E-state index in [0.29, 0.717) is 12.8 Å². The molecular weight excluding hydrogens is 356 g/mol. The average molecular weight is 382 g/mol. The van der Waals surface area contributed by atoms with Gasteiger partial charge in [0.2, 0.25) is 0 Å². The quantitative estimate of drug-likeness (QED) is 0.738. The number of hydrogen-bond donors (Lipinski definition) is 1. The fourth-order valence-corrected chi connectivity index (χ4v) is 7.25. The molecule has 3 fully saturated rings. The molecule has 6 atom stereocenters. The Morgan fingerprint density at radius 2 is 1.88 bits per heavy atom. The van der Waals surface area contributed by atoms with Crippen molar-refractivity contribution in [3.63, 3.8) is 0 Å². The molecule has 4 aliphatic carbocycles. The Hall–Kier alpha value is -1.05. The van der Waals surface area contributed by atoms with Gasteiger partial charge in [0, 0.05) is 24.2 Å². The molecule has 144 valence electrons. The van der Waals surface area contributed by atoms with Crippen LogP contribution in [0.1, 0.15) is 58.8 Å². The summed E-state index contributed by atoms with van der Waals surface area (Å²) in [4.78, 5) is 25.1. The number of carbonyl (C=O) groups excluding carboxylic acids is 2. The maximum absolute atomic E-state index is 13.2. The molecular formula is C19H26O6S. The number of allylic oxidation sites excluding steroid dienone is 1. The van der Waals surface area contributed by atoms with Gasteiger partial charge in [-0.3, -0.25) is 14.1 Å². The van der Waals surface area contributed by atoms with Crippen molar-refractivity contribution in [3.05, 3.63) is 11.6 Å². The van der Waals surface area contributed by atoms with Crippen LogP contribution in [0.5, 0.6) is 0 Å². The van der Waals surface area contributed by atoms with Crippen molar-refractivity contribution >= 4 is 22.0 Å². The summed E-state index contributed by atoms with van der Waals surface area (Å²) in [5, 5.41) is 0. The molecule has 0 aromatic carbocycles. The Labute approximate surface area is 154 Å². The first-order chi connectivity index (χ1) is 12.0. The van der Waals surface area contributed by atoms with E-state index in [1.807, 2.05) is 6.92 Å². The normalized spacial score (nSPS) is 45.6. The number of Topliss-reactive ketones (excluding diaryl/α,β-unsaturated/α-hetero) is 1. The standard InChI is InChI=1S/C19H26O6S/c1-18-8-7-12(20)9-11(18)3-4-13-14-5-6-16(25-26(22,23)24)19(14,2)10-15(21)17(13)18/h9,13-14,16-17H,3-8,10H2,1-2H3,(H,22,23,24)/t13-,14-,16-,17+,18-,19-/m0/s1. The zero-order valence-electron chi connectivity index (χ0n) is 15.2. The second kappa shape index (κ2) is 5.72. The summed E-state index contributed by atoms with van der Waals surface area (Å²) >= 11 is 0. The number of hydrogen-bond acceptors (Lipinski definition) is 5. The van der Waals surface area contributed by atoms with E-state index in [-0.39, 0.29) is 41.2 Å². The van der Waals surface area contributed by atoms with E-state index in [0.717, 1.165) is 31.3 Å². The molecule has 0 saturated heterocycles. The Morgan fingerprint density at radius 1 is 1.15 bits per heavy atom. The van der Waals surface area contributed by atoms with E-state index in [1.165, 1.54) is 0 Å². The molecule has 3 saturated carbocycles. The van der Waals surface area contributed by atoms with Gasteiger partial charge in [-0.15, -0.1) is 0 Å². The lowest BCUT2D eigenvalue weighted by molar-refractivity contribution is -0.148. The Kier molecular flexibility index (Phi) is 4.03. The summed E-state index contributed by atoms with van der Waals surface area (Å²) in [5.41, 5.74) is 0.309. The fraction of sp³-hybridized carbons (Fsp3) is 0.789. The highest BCUT2D eigenvalue weighted by Crippen LogP contribution is 2.64. The average Bonchev–Trinajstić information content (AvgIpc) is 2.82. The first-order valence-corrected chi connectivity index (χ1v) is 10.8. The van der Waals surface area contributed by atoms with Crippen molar-refractivity contribution in [1.82, 2.24) is 0 Å². The minimum absolute atomic E-state index is 0.0989. The Bertz CT molecular complexity index is 799. The number of carbonyl (C=O) groups is 2. The molecule has 0 heterocycles. The SMILES string of the molecule is C[C@]12CC(=O)[C@H]3[C@@H](CCC4=CC(=O)CC[C@@]43C)[C@@H]1CC[C@@H]2OS(=O)(=O)O. The number of fused-ring (bicyclic) bond motifs is 5. The third kappa shape index (κ3) is 2.62. The van der Waals surface area contributed by atoms with Crippen molar-refractivity contribution in [1.29, 1.82) is 0 Å². The topological polar surface area (TPSA) is 97.7 Å². The predicted octanol–water partition coefficient (Wildman–Crippen LogP) is 2.89. The summed E-state index contributed by atoms with van der Waals surface area (Å²) in [5.74, 6) is 0.603. The van der Waals surface area contributed by atoms with E-state index < -0.39 is 21.9 Å². The molecule has 0 radical (unpaired) electrons. The maximum atomic E-state index is 13.2. The van der Waals surface area contributed by atoms with Gasteiger partial charge in [-0.05, 0) is 55.4 Å². The Morgan fingerprint density at radius 3 is 2.58 bits per heavy atom. The summed E-state index contributed by atoms with van der Waals surface area (Å²) in [6, 6.07) is 0. The van der Waals surface area contributed by atoms with Crippen LogP contribution in [0, 0.1) is 28.6 Å². The van der Waals surface area contributed by atoms with Crippen LogP contribution in [-0.2, 0) is 24.2 Å². The van der Waals surface area contributed by atoms with Crippen molar-refractivity contribution in [2.24, 2.45) is 28.6 Å². The molecule has 26 heavy (non-hydrogen) atoms. The summed E-state index contributed by atoms with van der Waals surface area (Å²) in [6.45, 7) is 4.07. The van der Waals surface area contributed by atoms with Gasteiger partial charge in [0.1, 0.15) is 5.78 Å². The molecule has 1 N–H and O–H groups in total. The van der Waals surface area contributed by atoms with Gasteiger partial charge in [-0.1, -0.05) is 19.4 Å². The molecule has 0 bridgehead atoms. The molecule has 4 aliphatic rings. The maximum Gasteiger partial charge on any atom is 0.397 e. The van der Waals surface area contributed by atoms with Crippen molar-refractivity contribution in [2.75, 3.05) is 0 Å². The Balaban J connectivity index is 1.69. The van der Waals surface area contributed by atoms with Crippen LogP contribution in [-0.4, -0.2) is 30.6 Å².